The second kappa shape index (κ2) is 11.4. The molecule has 1 saturated heterocycles. The van der Waals surface area contributed by atoms with Gasteiger partial charge in [-0.1, -0.05) is 20.8 Å². The zero-order valence-electron chi connectivity index (χ0n) is 20.3. The fourth-order valence-electron chi connectivity index (χ4n) is 4.17. The van der Waals surface area contributed by atoms with E-state index < -0.39 is 5.91 Å². The molecule has 0 spiro atoms. The number of aromatic nitrogens is 3. The predicted molar refractivity (Wildman–Crippen MR) is 129 cm³/mol. The lowest BCUT2D eigenvalue weighted by Gasteiger charge is -2.32. The van der Waals surface area contributed by atoms with Gasteiger partial charge in [0.1, 0.15) is 0 Å². The van der Waals surface area contributed by atoms with Crippen LogP contribution in [0.3, 0.4) is 0 Å². The van der Waals surface area contributed by atoms with Gasteiger partial charge >= 0.3 is 0 Å². The Labute approximate surface area is 196 Å². The van der Waals surface area contributed by atoms with E-state index in [1.165, 1.54) is 5.56 Å². The van der Waals surface area contributed by atoms with Gasteiger partial charge in [0.15, 0.2) is 0 Å². The summed E-state index contributed by atoms with van der Waals surface area (Å²) in [4.78, 5) is 27.5. The van der Waals surface area contributed by atoms with Gasteiger partial charge in [0, 0.05) is 43.6 Å². The van der Waals surface area contributed by atoms with Crippen LogP contribution in [0.4, 0.5) is 5.95 Å². The highest BCUT2D eigenvalue weighted by molar-refractivity contribution is 5.94. The summed E-state index contributed by atoms with van der Waals surface area (Å²) in [6.07, 6.45) is 8.13. The van der Waals surface area contributed by atoms with E-state index in [1.807, 2.05) is 19.3 Å². The van der Waals surface area contributed by atoms with Crippen LogP contribution in [-0.4, -0.2) is 52.3 Å². The summed E-state index contributed by atoms with van der Waals surface area (Å²) >= 11 is 0. The average molecular weight is 456 g/mol. The fraction of sp³-hybridized carbons (Fsp3) is 0.600. The summed E-state index contributed by atoms with van der Waals surface area (Å²) in [5.74, 6) is 1.69. The smallest absolute Gasteiger partial charge is 0.250 e. The first-order valence-electron chi connectivity index (χ1n) is 11.9. The molecule has 8 heteroatoms. The molecule has 1 atom stereocenters. The molecule has 1 amide bonds. The summed E-state index contributed by atoms with van der Waals surface area (Å²) in [5, 5.41) is 9.58. The molecule has 0 radical (unpaired) electrons. The van der Waals surface area contributed by atoms with Crippen LogP contribution < -0.4 is 15.4 Å². The van der Waals surface area contributed by atoms with Gasteiger partial charge in [-0.2, -0.15) is 0 Å². The van der Waals surface area contributed by atoms with Crippen LogP contribution in [0.5, 0.6) is 5.88 Å². The van der Waals surface area contributed by atoms with Crippen molar-refractivity contribution in [2.45, 2.75) is 65.2 Å². The lowest BCUT2D eigenvalue weighted by molar-refractivity contribution is 0.0999. The summed E-state index contributed by atoms with van der Waals surface area (Å²) < 4.78 is 5.98. The summed E-state index contributed by atoms with van der Waals surface area (Å²) in [5.41, 5.74) is 8.25. The van der Waals surface area contributed by atoms with Crippen molar-refractivity contribution in [3.63, 3.8) is 0 Å². The Balaban J connectivity index is 1.48. The standard InChI is InChI=1S/C25H37N5O3/c1-16(2)20-13-27-25(28-14-20)30-9-7-19(8-10-30)6-5-11-33-24-21(17(3)15-31)12-22(23(26)32)18(4)29-24/h12-14,16-17,19,31H,5-11,15H2,1-4H3,(H2,26,32)/t17-/m0/s1. The van der Waals surface area contributed by atoms with Crippen LogP contribution in [0.1, 0.15) is 85.5 Å². The third kappa shape index (κ3) is 6.41. The van der Waals surface area contributed by atoms with Crippen molar-refractivity contribution in [3.05, 3.63) is 40.8 Å². The fourth-order valence-corrected chi connectivity index (χ4v) is 4.17. The van der Waals surface area contributed by atoms with E-state index in [0.29, 0.717) is 41.1 Å². The number of aryl methyl sites for hydroxylation is 1. The van der Waals surface area contributed by atoms with Crippen LogP contribution in [0.25, 0.3) is 0 Å². The summed E-state index contributed by atoms with van der Waals surface area (Å²) in [6.45, 7) is 10.4. The monoisotopic (exact) mass is 455 g/mol. The molecule has 3 rings (SSSR count). The number of primary amides is 1. The number of nitrogens with zero attached hydrogens (tertiary/aromatic N) is 4. The van der Waals surface area contributed by atoms with Gasteiger partial charge in [-0.05, 0) is 56.1 Å². The van der Waals surface area contributed by atoms with E-state index in [4.69, 9.17) is 10.5 Å². The first-order valence-corrected chi connectivity index (χ1v) is 11.9. The number of pyridine rings is 1. The summed E-state index contributed by atoms with van der Waals surface area (Å²) in [7, 11) is 0. The van der Waals surface area contributed by atoms with E-state index in [2.05, 4.69) is 33.7 Å². The number of aliphatic hydroxyl groups is 1. The van der Waals surface area contributed by atoms with Gasteiger partial charge in [-0.3, -0.25) is 4.79 Å². The third-order valence-electron chi connectivity index (χ3n) is 6.49. The minimum absolute atomic E-state index is 0.0538. The Bertz CT molecular complexity index is 924. The topological polar surface area (TPSA) is 114 Å². The number of aliphatic hydroxyl groups excluding tert-OH is 1. The van der Waals surface area contributed by atoms with Crippen molar-refractivity contribution in [2.75, 3.05) is 31.2 Å². The predicted octanol–water partition coefficient (Wildman–Crippen LogP) is 3.57. The highest BCUT2D eigenvalue weighted by Crippen LogP contribution is 2.28. The van der Waals surface area contributed by atoms with Crippen molar-refractivity contribution < 1.29 is 14.6 Å². The van der Waals surface area contributed by atoms with E-state index in [9.17, 15) is 9.90 Å². The number of hydrogen-bond acceptors (Lipinski definition) is 7. The van der Waals surface area contributed by atoms with E-state index >= 15 is 0 Å². The Morgan fingerprint density at radius 3 is 2.48 bits per heavy atom. The molecule has 1 fully saturated rings. The molecule has 33 heavy (non-hydrogen) atoms. The van der Waals surface area contributed by atoms with Crippen molar-refractivity contribution in [1.29, 1.82) is 0 Å². The molecule has 1 aliphatic rings. The van der Waals surface area contributed by atoms with Crippen LogP contribution >= 0.6 is 0 Å². The third-order valence-corrected chi connectivity index (χ3v) is 6.49. The number of hydrogen-bond donors (Lipinski definition) is 2. The first kappa shape index (κ1) is 24.9. The zero-order chi connectivity index (χ0) is 24.0. The number of carbonyl (C=O) groups excluding carboxylic acids is 1. The average Bonchev–Trinajstić information content (AvgIpc) is 2.81. The van der Waals surface area contributed by atoms with Gasteiger partial charge in [-0.15, -0.1) is 0 Å². The molecular formula is C25H37N5O3. The van der Waals surface area contributed by atoms with Crippen LogP contribution in [-0.2, 0) is 0 Å². The second-order valence-corrected chi connectivity index (χ2v) is 9.36. The molecule has 2 aromatic rings. The van der Waals surface area contributed by atoms with Crippen LogP contribution in [0, 0.1) is 12.8 Å². The quantitative estimate of drug-likeness (QED) is 0.526. The van der Waals surface area contributed by atoms with E-state index in [0.717, 1.165) is 44.7 Å². The van der Waals surface area contributed by atoms with E-state index in [-0.39, 0.29) is 12.5 Å². The number of carbonyl (C=O) groups is 1. The molecule has 0 bridgehead atoms. The minimum Gasteiger partial charge on any atom is -0.477 e. The Morgan fingerprint density at radius 2 is 1.91 bits per heavy atom. The number of piperidine rings is 1. The molecule has 3 N–H and O–H groups in total. The highest BCUT2D eigenvalue weighted by Gasteiger charge is 2.22. The number of ether oxygens (including phenoxy) is 1. The largest absolute Gasteiger partial charge is 0.477 e. The Morgan fingerprint density at radius 1 is 1.24 bits per heavy atom. The number of nitrogens with two attached hydrogens (primary N) is 1. The molecule has 2 aromatic heterocycles. The van der Waals surface area contributed by atoms with Gasteiger partial charge in [-0.25, -0.2) is 15.0 Å². The normalized spacial score (nSPS) is 15.6. The molecule has 1 aliphatic heterocycles. The summed E-state index contributed by atoms with van der Waals surface area (Å²) in [6, 6.07) is 1.70. The van der Waals surface area contributed by atoms with Crippen LogP contribution in [0.15, 0.2) is 18.5 Å². The first-order chi connectivity index (χ1) is 15.8. The molecule has 3 heterocycles. The lowest BCUT2D eigenvalue weighted by atomic mass is 9.92. The van der Waals surface area contributed by atoms with Crippen molar-refractivity contribution in [2.24, 2.45) is 11.7 Å². The van der Waals surface area contributed by atoms with Gasteiger partial charge in [0.25, 0.3) is 5.91 Å². The van der Waals surface area contributed by atoms with Gasteiger partial charge in [0.2, 0.25) is 11.8 Å². The second-order valence-electron chi connectivity index (χ2n) is 9.36. The Hall–Kier alpha value is -2.74. The molecule has 8 nitrogen and oxygen atoms in total. The maximum Gasteiger partial charge on any atom is 0.250 e. The highest BCUT2D eigenvalue weighted by atomic mass is 16.5. The number of rotatable bonds is 10. The maximum absolute atomic E-state index is 11.7. The van der Waals surface area contributed by atoms with E-state index in [1.54, 1.807) is 13.0 Å². The van der Waals surface area contributed by atoms with Crippen molar-refractivity contribution >= 4 is 11.9 Å². The van der Waals surface area contributed by atoms with Crippen molar-refractivity contribution in [1.82, 2.24) is 15.0 Å². The minimum atomic E-state index is -0.523. The molecule has 0 aromatic carbocycles. The van der Waals surface area contributed by atoms with Crippen molar-refractivity contribution in [3.8, 4) is 5.88 Å². The molecule has 180 valence electrons. The number of anilines is 1. The van der Waals surface area contributed by atoms with Crippen LogP contribution in [0.2, 0.25) is 0 Å². The molecule has 0 aliphatic carbocycles. The zero-order valence-corrected chi connectivity index (χ0v) is 20.3. The SMILES string of the molecule is Cc1nc(OCCCC2CCN(c3ncc(C(C)C)cn3)CC2)c([C@@H](C)CO)cc1C(N)=O. The molecular weight excluding hydrogens is 418 g/mol. The molecule has 0 saturated carbocycles. The molecule has 0 unspecified atom stereocenters. The maximum atomic E-state index is 11.7. The lowest BCUT2D eigenvalue weighted by Crippen LogP contribution is -2.35. The van der Waals surface area contributed by atoms with Gasteiger partial charge in [0.05, 0.1) is 17.9 Å². The number of amides is 1. The van der Waals surface area contributed by atoms with Gasteiger partial charge < -0.3 is 20.5 Å². The Kier molecular flexibility index (Phi) is 8.61.